The molecule has 0 N–H and O–H groups in total. The van der Waals surface area contributed by atoms with E-state index in [0.717, 1.165) is 33.0 Å². The number of halogens is 3. The normalized spacial score (nSPS) is 12.3. The topological polar surface area (TPSA) is 69.4 Å². The highest BCUT2D eigenvalue weighted by Gasteiger charge is 2.17. The molecule has 0 spiro atoms. The van der Waals surface area contributed by atoms with Crippen molar-refractivity contribution >= 4 is 28.2 Å². The number of benzene rings is 1. The van der Waals surface area contributed by atoms with E-state index in [0.29, 0.717) is 39.3 Å². The lowest BCUT2D eigenvalue weighted by Gasteiger charge is -2.16. The fourth-order valence-electron chi connectivity index (χ4n) is 4.13. The Bertz CT molecular complexity index is 1610. The predicted molar refractivity (Wildman–Crippen MR) is 142 cm³/mol. The highest BCUT2D eigenvalue weighted by atomic mass is 35.5. The van der Waals surface area contributed by atoms with E-state index in [2.05, 4.69) is 9.98 Å². The zero-order valence-corrected chi connectivity index (χ0v) is 21.6. The Balaban J connectivity index is 1.73. The Kier molecular flexibility index (Phi) is 7.78. The molecule has 0 aliphatic heterocycles. The summed E-state index contributed by atoms with van der Waals surface area (Å²) in [4.78, 5) is 25.6. The highest BCUT2D eigenvalue weighted by molar-refractivity contribution is 6.47. The summed E-state index contributed by atoms with van der Waals surface area (Å²) in [6, 6.07) is 9.91. The van der Waals surface area contributed by atoms with Crippen molar-refractivity contribution in [1.29, 1.82) is 0 Å². The molecule has 3 heterocycles. The highest BCUT2D eigenvalue weighted by Crippen LogP contribution is 2.30. The van der Waals surface area contributed by atoms with Crippen LogP contribution in [0.5, 0.6) is 5.75 Å². The molecular weight excluding hydrogens is 498 g/mol. The molecule has 0 atom stereocenters. The Morgan fingerprint density at radius 2 is 2.00 bits per heavy atom. The molecule has 0 aliphatic rings. The molecule has 4 aromatic rings. The van der Waals surface area contributed by atoms with E-state index in [1.54, 1.807) is 19.3 Å². The number of pyridine rings is 3. The lowest BCUT2D eigenvalue weighted by Crippen LogP contribution is -2.25. The smallest absolute Gasteiger partial charge is 0.287 e. The molecule has 6 nitrogen and oxygen atoms in total. The number of fused-ring (bicyclic) bond motifs is 1. The summed E-state index contributed by atoms with van der Waals surface area (Å²) in [5.41, 5.74) is 4.01. The molecule has 0 amide bonds. The zero-order chi connectivity index (χ0) is 26.7. The third-order valence-electron chi connectivity index (χ3n) is 5.97. The largest absolute Gasteiger partial charge is 0.487 e. The minimum Gasteiger partial charge on any atom is -0.487 e. The van der Waals surface area contributed by atoms with Crippen LogP contribution in [0.1, 0.15) is 35.0 Å². The van der Waals surface area contributed by atoms with Crippen LogP contribution in [0, 0.1) is 25.5 Å². The van der Waals surface area contributed by atoms with Crippen LogP contribution in [-0.2, 0) is 13.2 Å². The van der Waals surface area contributed by atoms with Crippen molar-refractivity contribution in [2.45, 2.75) is 33.9 Å². The van der Waals surface area contributed by atoms with E-state index in [4.69, 9.17) is 21.3 Å². The van der Waals surface area contributed by atoms with Gasteiger partial charge in [-0.15, -0.1) is 0 Å². The Morgan fingerprint density at radius 1 is 1.22 bits per heavy atom. The van der Waals surface area contributed by atoms with Gasteiger partial charge in [-0.25, -0.2) is 13.8 Å². The van der Waals surface area contributed by atoms with Crippen molar-refractivity contribution in [3.63, 3.8) is 0 Å². The number of para-hydroxylation sites is 1. The number of allylic oxidation sites excluding steroid dienone is 2. The summed E-state index contributed by atoms with van der Waals surface area (Å²) in [5, 5.41) is 1.36. The van der Waals surface area contributed by atoms with Gasteiger partial charge < -0.3 is 9.30 Å². The average Bonchev–Trinajstić information content (AvgIpc) is 2.87. The Labute approximate surface area is 217 Å². The molecule has 0 radical (unpaired) electrons. The van der Waals surface area contributed by atoms with Crippen LogP contribution in [0.2, 0.25) is 0 Å². The van der Waals surface area contributed by atoms with Gasteiger partial charge in [-0.2, -0.15) is 0 Å². The van der Waals surface area contributed by atoms with Crippen molar-refractivity contribution in [2.75, 3.05) is 7.05 Å². The molecule has 0 aliphatic carbocycles. The predicted octanol–water partition coefficient (Wildman–Crippen LogP) is 5.88. The van der Waals surface area contributed by atoms with E-state index in [-0.39, 0.29) is 13.2 Å². The summed E-state index contributed by atoms with van der Waals surface area (Å²) in [6.07, 6.45) is 4.33. The minimum atomic E-state index is -1.16. The first-order valence-corrected chi connectivity index (χ1v) is 11.9. The Hall–Kier alpha value is -3.91. The maximum absolute atomic E-state index is 13.8. The van der Waals surface area contributed by atoms with Gasteiger partial charge in [0, 0.05) is 47.7 Å². The fourth-order valence-corrected chi connectivity index (χ4v) is 4.31. The summed E-state index contributed by atoms with van der Waals surface area (Å²) >= 11 is 6.43. The lowest BCUT2D eigenvalue weighted by molar-refractivity contribution is 0.306. The molecule has 0 fully saturated rings. The zero-order valence-electron chi connectivity index (χ0n) is 20.8. The second kappa shape index (κ2) is 11.0. The summed E-state index contributed by atoms with van der Waals surface area (Å²) in [5.74, 6) is -1.47. The molecule has 0 unspecified atom stereocenters. The van der Waals surface area contributed by atoms with Gasteiger partial charge >= 0.3 is 0 Å². The number of aromatic nitrogens is 3. The third-order valence-corrected chi connectivity index (χ3v) is 6.37. The van der Waals surface area contributed by atoms with Crippen molar-refractivity contribution in [3.8, 4) is 5.75 Å². The van der Waals surface area contributed by atoms with E-state index in [1.807, 2.05) is 51.1 Å². The van der Waals surface area contributed by atoms with Gasteiger partial charge in [-0.3, -0.25) is 14.8 Å². The van der Waals surface area contributed by atoms with Gasteiger partial charge in [0.2, 0.25) is 0 Å². The van der Waals surface area contributed by atoms with Crippen LogP contribution >= 0.6 is 11.6 Å². The first kappa shape index (κ1) is 26.2. The third kappa shape index (κ3) is 5.44. The first-order valence-electron chi connectivity index (χ1n) is 11.5. The molecule has 9 heteroatoms. The lowest BCUT2D eigenvalue weighted by atomic mass is 10.0. The quantitative estimate of drug-likeness (QED) is 0.284. The van der Waals surface area contributed by atoms with Crippen LogP contribution in [-0.4, -0.2) is 27.3 Å². The van der Waals surface area contributed by atoms with Crippen molar-refractivity contribution in [1.82, 2.24) is 14.5 Å². The van der Waals surface area contributed by atoms with Crippen LogP contribution < -0.4 is 10.3 Å². The number of ether oxygens (including phenoxy) is 1. The van der Waals surface area contributed by atoms with Gasteiger partial charge in [-0.1, -0.05) is 29.8 Å². The standard InChI is InChI=1S/C28H25ClF2N4O2/c1-5-22(29)26(32-4)20-11-17(3)34-27-19(20)7-6-8-25(27)37-15-21-16(2)9-10-33-24(21)14-35-13-18(30)12-23(31)28(35)36/h5-13H,14-15H2,1-4H3/b22-5+,32-26?. The van der Waals surface area contributed by atoms with Gasteiger partial charge in [-0.05, 0) is 44.5 Å². The van der Waals surface area contributed by atoms with E-state index >= 15 is 0 Å². The maximum Gasteiger partial charge on any atom is 0.287 e. The number of hydrogen-bond acceptors (Lipinski definition) is 5. The molecule has 0 saturated heterocycles. The van der Waals surface area contributed by atoms with Gasteiger partial charge in [0.15, 0.2) is 5.82 Å². The molecule has 1 aromatic carbocycles. The average molecular weight is 523 g/mol. The van der Waals surface area contributed by atoms with Crippen LogP contribution in [0.15, 0.2) is 69.7 Å². The van der Waals surface area contributed by atoms with Crippen LogP contribution in [0.4, 0.5) is 8.78 Å². The number of hydrogen-bond donors (Lipinski definition) is 0. The summed E-state index contributed by atoms with van der Waals surface area (Å²) < 4.78 is 34.8. The molecular formula is C28H25ClF2N4O2. The van der Waals surface area contributed by atoms with Gasteiger partial charge in [0.25, 0.3) is 5.56 Å². The maximum atomic E-state index is 13.8. The monoisotopic (exact) mass is 522 g/mol. The second-order valence-corrected chi connectivity index (χ2v) is 8.86. The minimum absolute atomic E-state index is 0.107. The Morgan fingerprint density at radius 3 is 2.73 bits per heavy atom. The summed E-state index contributed by atoms with van der Waals surface area (Å²) in [6.45, 7) is 5.61. The fraction of sp³-hybridized carbons (Fsp3) is 0.214. The molecule has 3 aromatic heterocycles. The van der Waals surface area contributed by atoms with Crippen LogP contribution in [0.25, 0.3) is 10.9 Å². The molecule has 190 valence electrons. The van der Waals surface area contributed by atoms with Gasteiger partial charge in [0.1, 0.15) is 23.7 Å². The molecule has 4 rings (SSSR count). The summed E-state index contributed by atoms with van der Waals surface area (Å²) in [7, 11) is 1.69. The molecule has 0 bridgehead atoms. The number of nitrogens with zero attached hydrogens (tertiary/aromatic N) is 4. The first-order chi connectivity index (χ1) is 17.7. The molecule has 0 saturated carbocycles. The van der Waals surface area contributed by atoms with Crippen molar-refractivity contribution in [2.24, 2.45) is 4.99 Å². The SMILES string of the molecule is C/C=C(/Cl)C(=NC)c1cc(C)nc2c(OCc3c(C)ccnc3Cn3cc(F)cc(F)c3=O)cccc12. The second-order valence-electron chi connectivity index (χ2n) is 8.45. The van der Waals surface area contributed by atoms with Gasteiger partial charge in [0.05, 0.1) is 23.0 Å². The number of aryl methyl sites for hydroxylation is 2. The van der Waals surface area contributed by atoms with Crippen LogP contribution in [0.3, 0.4) is 0 Å². The molecule has 37 heavy (non-hydrogen) atoms. The van der Waals surface area contributed by atoms with Crippen molar-refractivity contribution < 1.29 is 13.5 Å². The van der Waals surface area contributed by atoms with Crippen molar-refractivity contribution in [3.05, 3.63) is 110 Å². The number of aliphatic imine (C=N–C) groups is 1. The van der Waals surface area contributed by atoms with E-state index < -0.39 is 17.2 Å². The van der Waals surface area contributed by atoms with E-state index in [9.17, 15) is 13.6 Å². The van der Waals surface area contributed by atoms with E-state index in [1.165, 1.54) is 0 Å². The number of rotatable bonds is 7.